The lowest BCUT2D eigenvalue weighted by molar-refractivity contribution is 0.0510. The van der Waals surface area contributed by atoms with Gasteiger partial charge in [0.05, 0.1) is 18.0 Å². The van der Waals surface area contributed by atoms with Crippen molar-refractivity contribution in [3.8, 4) is 0 Å². The van der Waals surface area contributed by atoms with E-state index < -0.39 is 11.7 Å². The lowest BCUT2D eigenvalue weighted by Crippen LogP contribution is -2.28. The SMILES string of the molecule is Cc1nn(C(=O)OC(C)(C)C)c(C)c1CO. The second kappa shape index (κ2) is 4.25. The highest BCUT2D eigenvalue weighted by Crippen LogP contribution is 2.15. The summed E-state index contributed by atoms with van der Waals surface area (Å²) in [5.41, 5.74) is 1.38. The summed E-state index contributed by atoms with van der Waals surface area (Å²) < 4.78 is 6.38. The molecule has 0 aliphatic heterocycles. The van der Waals surface area contributed by atoms with Crippen LogP contribution in [0, 0.1) is 13.8 Å². The summed E-state index contributed by atoms with van der Waals surface area (Å²) >= 11 is 0. The van der Waals surface area contributed by atoms with E-state index in [1.165, 1.54) is 4.68 Å². The molecule has 0 aliphatic carbocycles. The van der Waals surface area contributed by atoms with Gasteiger partial charge in [-0.1, -0.05) is 0 Å². The third-order valence-electron chi connectivity index (χ3n) is 2.17. The summed E-state index contributed by atoms with van der Waals surface area (Å²) in [5.74, 6) is 0. The van der Waals surface area contributed by atoms with Gasteiger partial charge >= 0.3 is 6.09 Å². The van der Waals surface area contributed by atoms with Crippen LogP contribution in [0.15, 0.2) is 0 Å². The van der Waals surface area contributed by atoms with Crippen molar-refractivity contribution in [2.45, 2.75) is 46.8 Å². The van der Waals surface area contributed by atoms with Crippen molar-refractivity contribution in [1.29, 1.82) is 0 Å². The Bertz CT molecular complexity index is 402. The number of aliphatic hydroxyl groups excluding tert-OH is 1. The van der Waals surface area contributed by atoms with Gasteiger partial charge < -0.3 is 9.84 Å². The topological polar surface area (TPSA) is 64.4 Å². The average Bonchev–Trinajstić information content (AvgIpc) is 2.38. The quantitative estimate of drug-likeness (QED) is 0.792. The molecule has 0 bridgehead atoms. The third kappa shape index (κ3) is 2.61. The number of carbonyl (C=O) groups is 1. The van der Waals surface area contributed by atoms with Gasteiger partial charge in [-0.25, -0.2) is 4.79 Å². The number of aryl methyl sites for hydroxylation is 1. The van der Waals surface area contributed by atoms with Gasteiger partial charge in [0, 0.05) is 5.56 Å². The van der Waals surface area contributed by atoms with E-state index >= 15 is 0 Å². The Labute approximate surface area is 95.0 Å². The summed E-state index contributed by atoms with van der Waals surface area (Å²) in [4.78, 5) is 11.8. The molecule has 0 fully saturated rings. The molecule has 5 nitrogen and oxygen atoms in total. The Hall–Kier alpha value is -1.36. The molecule has 5 heteroatoms. The maximum absolute atomic E-state index is 11.8. The Morgan fingerprint density at radius 2 is 2.00 bits per heavy atom. The van der Waals surface area contributed by atoms with Crippen LogP contribution in [0.2, 0.25) is 0 Å². The first-order valence-corrected chi connectivity index (χ1v) is 5.15. The molecule has 0 aliphatic rings. The van der Waals surface area contributed by atoms with Crippen LogP contribution < -0.4 is 0 Å². The molecule has 1 rings (SSSR count). The standard InChI is InChI=1S/C11H18N2O3/c1-7-9(6-14)8(2)13(12-7)10(15)16-11(3,4)5/h14H,6H2,1-5H3. The molecule has 16 heavy (non-hydrogen) atoms. The van der Waals surface area contributed by atoms with E-state index in [0.29, 0.717) is 17.0 Å². The van der Waals surface area contributed by atoms with Crippen LogP contribution in [0.3, 0.4) is 0 Å². The summed E-state index contributed by atoms with van der Waals surface area (Å²) in [7, 11) is 0. The molecule has 1 aromatic rings. The Kier molecular flexibility index (Phi) is 3.38. The highest BCUT2D eigenvalue weighted by molar-refractivity contribution is 5.71. The Balaban J connectivity index is 3.01. The lowest BCUT2D eigenvalue weighted by atomic mass is 10.2. The zero-order valence-corrected chi connectivity index (χ0v) is 10.4. The van der Waals surface area contributed by atoms with E-state index in [-0.39, 0.29) is 6.61 Å². The zero-order valence-electron chi connectivity index (χ0n) is 10.4. The molecule has 0 atom stereocenters. The minimum Gasteiger partial charge on any atom is -0.442 e. The van der Waals surface area contributed by atoms with Gasteiger partial charge in [0.25, 0.3) is 0 Å². The number of rotatable bonds is 1. The van der Waals surface area contributed by atoms with Crippen LogP contribution in [-0.4, -0.2) is 26.6 Å². The molecule has 0 amide bonds. The monoisotopic (exact) mass is 226 g/mol. The molecular formula is C11H18N2O3. The number of carbonyl (C=O) groups excluding carboxylic acids is 1. The van der Waals surface area contributed by atoms with Crippen molar-refractivity contribution in [1.82, 2.24) is 9.78 Å². The minimum absolute atomic E-state index is 0.125. The summed E-state index contributed by atoms with van der Waals surface area (Å²) in [5, 5.41) is 13.2. The lowest BCUT2D eigenvalue weighted by Gasteiger charge is -2.19. The normalized spacial score (nSPS) is 11.6. The Morgan fingerprint density at radius 3 is 2.38 bits per heavy atom. The van der Waals surface area contributed by atoms with Gasteiger partial charge in [0.1, 0.15) is 5.60 Å². The molecule has 0 aromatic carbocycles. The highest BCUT2D eigenvalue weighted by Gasteiger charge is 2.22. The first kappa shape index (κ1) is 12.7. The Morgan fingerprint density at radius 1 is 1.44 bits per heavy atom. The van der Waals surface area contributed by atoms with E-state index in [9.17, 15) is 4.79 Å². The zero-order chi connectivity index (χ0) is 12.5. The summed E-state index contributed by atoms with van der Waals surface area (Å²) in [6.45, 7) is 8.74. The van der Waals surface area contributed by atoms with Crippen molar-refractivity contribution in [2.75, 3.05) is 0 Å². The molecule has 1 heterocycles. The van der Waals surface area contributed by atoms with Crippen molar-refractivity contribution in [3.63, 3.8) is 0 Å². The first-order valence-electron chi connectivity index (χ1n) is 5.15. The van der Waals surface area contributed by atoms with Crippen molar-refractivity contribution < 1.29 is 14.6 Å². The van der Waals surface area contributed by atoms with Gasteiger partial charge in [-0.2, -0.15) is 9.78 Å². The second-order valence-electron chi connectivity index (χ2n) is 4.70. The van der Waals surface area contributed by atoms with Crippen LogP contribution in [0.5, 0.6) is 0 Å². The van der Waals surface area contributed by atoms with Gasteiger partial charge in [-0.15, -0.1) is 0 Å². The van der Waals surface area contributed by atoms with Gasteiger partial charge in [-0.05, 0) is 34.6 Å². The van der Waals surface area contributed by atoms with Crippen LogP contribution in [0.1, 0.15) is 37.7 Å². The van der Waals surface area contributed by atoms with Crippen LogP contribution in [0.4, 0.5) is 4.79 Å². The number of aromatic nitrogens is 2. The van der Waals surface area contributed by atoms with E-state index in [1.807, 2.05) is 0 Å². The summed E-state index contributed by atoms with van der Waals surface area (Å²) in [6.07, 6.45) is -0.521. The summed E-state index contributed by atoms with van der Waals surface area (Å²) in [6, 6.07) is 0. The van der Waals surface area contributed by atoms with Crippen molar-refractivity contribution in [2.24, 2.45) is 0 Å². The van der Waals surface area contributed by atoms with Crippen LogP contribution >= 0.6 is 0 Å². The average molecular weight is 226 g/mol. The third-order valence-corrected chi connectivity index (χ3v) is 2.17. The van der Waals surface area contributed by atoms with Gasteiger partial charge in [-0.3, -0.25) is 0 Å². The predicted octanol–water partition coefficient (Wildman–Crippen LogP) is 1.78. The fourth-order valence-corrected chi connectivity index (χ4v) is 1.39. The molecule has 0 saturated carbocycles. The van der Waals surface area contributed by atoms with Crippen molar-refractivity contribution >= 4 is 6.09 Å². The number of hydrogen-bond acceptors (Lipinski definition) is 4. The van der Waals surface area contributed by atoms with E-state index in [4.69, 9.17) is 9.84 Å². The van der Waals surface area contributed by atoms with Crippen molar-refractivity contribution in [3.05, 3.63) is 17.0 Å². The molecule has 1 N–H and O–H groups in total. The molecule has 0 spiro atoms. The highest BCUT2D eigenvalue weighted by atomic mass is 16.6. The van der Waals surface area contributed by atoms with Gasteiger partial charge in [0.2, 0.25) is 0 Å². The van der Waals surface area contributed by atoms with E-state index in [2.05, 4.69) is 5.10 Å². The van der Waals surface area contributed by atoms with Crippen LogP contribution in [0.25, 0.3) is 0 Å². The second-order valence-corrected chi connectivity index (χ2v) is 4.70. The number of nitrogens with zero attached hydrogens (tertiary/aromatic N) is 2. The molecule has 0 saturated heterocycles. The smallest absolute Gasteiger partial charge is 0.435 e. The molecular weight excluding hydrogens is 208 g/mol. The fraction of sp³-hybridized carbons (Fsp3) is 0.636. The first-order chi connectivity index (χ1) is 7.26. The predicted molar refractivity (Wildman–Crippen MR) is 59.3 cm³/mol. The number of aliphatic hydroxyl groups is 1. The van der Waals surface area contributed by atoms with Crippen LogP contribution in [-0.2, 0) is 11.3 Å². The minimum atomic E-state index is -0.553. The van der Waals surface area contributed by atoms with E-state index in [0.717, 1.165) is 0 Å². The van der Waals surface area contributed by atoms with Gasteiger partial charge in [0.15, 0.2) is 0 Å². The largest absolute Gasteiger partial charge is 0.442 e. The fourth-order valence-electron chi connectivity index (χ4n) is 1.39. The number of hydrogen-bond donors (Lipinski definition) is 1. The molecule has 0 radical (unpaired) electrons. The maximum Gasteiger partial charge on any atom is 0.435 e. The molecule has 1 aromatic heterocycles. The maximum atomic E-state index is 11.8. The molecule has 90 valence electrons. The van der Waals surface area contributed by atoms with E-state index in [1.54, 1.807) is 34.6 Å². The molecule has 0 unspecified atom stereocenters. The number of ether oxygens (including phenoxy) is 1.